The second-order valence-corrected chi connectivity index (χ2v) is 7.65. The van der Waals surface area contributed by atoms with Gasteiger partial charge in [-0.1, -0.05) is 0 Å². The van der Waals surface area contributed by atoms with Gasteiger partial charge in [0.05, 0.1) is 10.6 Å². The molecule has 1 fully saturated rings. The number of amides is 1. The summed E-state index contributed by atoms with van der Waals surface area (Å²) in [6.07, 6.45) is 3.02. The lowest BCUT2D eigenvalue weighted by atomic mass is 10.1. The lowest BCUT2D eigenvalue weighted by Crippen LogP contribution is -2.51. The maximum absolute atomic E-state index is 12.5. The lowest BCUT2D eigenvalue weighted by molar-refractivity contribution is 0.0709. The number of piperazine rings is 1. The first-order valence-corrected chi connectivity index (χ1v) is 9.49. The molecule has 10 heteroatoms. The summed E-state index contributed by atoms with van der Waals surface area (Å²) < 4.78 is 27.3. The molecule has 2 aromatic rings. The smallest absolute Gasteiger partial charge is 0.261 e. The summed E-state index contributed by atoms with van der Waals surface area (Å²) in [5, 5.41) is 3.28. The van der Waals surface area contributed by atoms with Gasteiger partial charge in [0.2, 0.25) is 0 Å². The summed E-state index contributed by atoms with van der Waals surface area (Å²) in [5.74, 6) is -0.0839. The number of benzene rings is 1. The molecular weight excluding hydrogens is 411 g/mol. The van der Waals surface area contributed by atoms with Crippen LogP contribution in [0.5, 0.6) is 0 Å². The number of pyridine rings is 1. The van der Waals surface area contributed by atoms with Gasteiger partial charge in [-0.2, -0.15) is 0 Å². The Balaban J connectivity index is 0.00000182. The number of sulfonamides is 1. The molecule has 27 heavy (non-hydrogen) atoms. The van der Waals surface area contributed by atoms with Gasteiger partial charge in [-0.25, -0.2) is 8.42 Å². The van der Waals surface area contributed by atoms with E-state index in [1.165, 1.54) is 24.5 Å². The highest BCUT2D eigenvalue weighted by molar-refractivity contribution is 7.92. The third-order valence-electron chi connectivity index (χ3n) is 4.00. The first-order valence-electron chi connectivity index (χ1n) is 8.01. The lowest BCUT2D eigenvalue weighted by Gasteiger charge is -2.32. The van der Waals surface area contributed by atoms with Crippen LogP contribution in [0.15, 0.2) is 53.7 Å². The number of carbonyl (C=O) groups excluding carboxylic acids is 1. The summed E-state index contributed by atoms with van der Waals surface area (Å²) in [4.78, 5) is 18.3. The van der Waals surface area contributed by atoms with Crippen molar-refractivity contribution in [1.29, 1.82) is 0 Å². The molecule has 1 unspecified atom stereocenters. The first-order chi connectivity index (χ1) is 12.0. The normalized spacial score (nSPS) is 16.6. The van der Waals surface area contributed by atoms with Crippen molar-refractivity contribution in [2.24, 2.45) is 0 Å². The summed E-state index contributed by atoms with van der Waals surface area (Å²) >= 11 is 0. The monoisotopic (exact) mass is 432 g/mol. The Hall–Kier alpha value is -1.87. The van der Waals surface area contributed by atoms with Crippen molar-refractivity contribution in [2.45, 2.75) is 17.9 Å². The summed E-state index contributed by atoms with van der Waals surface area (Å²) in [6, 6.07) is 9.39. The van der Waals surface area contributed by atoms with Crippen molar-refractivity contribution in [2.75, 3.05) is 24.4 Å². The highest BCUT2D eigenvalue weighted by Crippen LogP contribution is 2.17. The SMILES string of the molecule is CC1CN(C(=O)c2ccc(S(=O)(=O)Nc3ccncc3)cc2)CCN1.Cl.Cl. The minimum Gasteiger partial charge on any atom is -0.336 e. The fourth-order valence-electron chi connectivity index (χ4n) is 2.71. The summed E-state index contributed by atoms with van der Waals surface area (Å²) in [5.41, 5.74) is 0.918. The Bertz CT molecular complexity index is 848. The van der Waals surface area contributed by atoms with Crippen LogP contribution < -0.4 is 10.0 Å². The molecule has 1 aliphatic heterocycles. The average Bonchev–Trinajstić information content (AvgIpc) is 2.62. The molecule has 7 nitrogen and oxygen atoms in total. The molecule has 0 saturated carbocycles. The number of carbonyl (C=O) groups is 1. The van der Waals surface area contributed by atoms with Crippen molar-refractivity contribution in [3.63, 3.8) is 0 Å². The third-order valence-corrected chi connectivity index (χ3v) is 5.40. The van der Waals surface area contributed by atoms with E-state index < -0.39 is 10.0 Å². The molecule has 2 heterocycles. The minimum absolute atomic E-state index is 0. The standard InChI is InChI=1S/C17H20N4O3S.2ClH/c1-13-12-21(11-10-19-13)17(22)14-2-4-16(5-3-14)25(23,24)20-15-6-8-18-9-7-15;;/h2-9,13,19H,10-12H2,1H3,(H,18,20);2*1H. The molecule has 0 radical (unpaired) electrons. The zero-order valence-corrected chi connectivity index (χ0v) is 17.1. The van der Waals surface area contributed by atoms with Gasteiger partial charge in [-0.05, 0) is 43.3 Å². The molecule has 0 aliphatic carbocycles. The number of nitrogens with one attached hydrogen (secondary N) is 2. The molecule has 1 atom stereocenters. The van der Waals surface area contributed by atoms with E-state index in [9.17, 15) is 13.2 Å². The Morgan fingerprint density at radius 3 is 2.37 bits per heavy atom. The van der Waals surface area contributed by atoms with E-state index >= 15 is 0 Å². The number of nitrogens with zero attached hydrogens (tertiary/aromatic N) is 2. The number of hydrogen-bond donors (Lipinski definition) is 2. The van der Waals surface area contributed by atoms with Crippen molar-refractivity contribution >= 4 is 46.4 Å². The molecule has 2 N–H and O–H groups in total. The van der Waals surface area contributed by atoms with Crippen molar-refractivity contribution < 1.29 is 13.2 Å². The van der Waals surface area contributed by atoms with E-state index in [4.69, 9.17) is 0 Å². The van der Waals surface area contributed by atoms with E-state index in [1.54, 1.807) is 29.2 Å². The van der Waals surface area contributed by atoms with Crippen LogP contribution >= 0.6 is 24.8 Å². The second kappa shape index (κ2) is 9.89. The van der Waals surface area contributed by atoms with Crippen molar-refractivity contribution in [3.8, 4) is 0 Å². The molecular formula is C17H22Cl2N4O3S. The minimum atomic E-state index is -3.70. The maximum Gasteiger partial charge on any atom is 0.261 e. The van der Waals surface area contributed by atoms with Crippen LogP contribution in [-0.4, -0.2) is 49.9 Å². The molecule has 1 amide bonds. The van der Waals surface area contributed by atoms with E-state index in [1.807, 2.05) is 6.92 Å². The van der Waals surface area contributed by atoms with Crippen LogP contribution in [0.1, 0.15) is 17.3 Å². The largest absolute Gasteiger partial charge is 0.336 e. The van der Waals surface area contributed by atoms with Gasteiger partial charge in [0, 0.05) is 43.6 Å². The quantitative estimate of drug-likeness (QED) is 0.771. The second-order valence-electron chi connectivity index (χ2n) is 5.97. The van der Waals surface area contributed by atoms with E-state index in [2.05, 4.69) is 15.0 Å². The summed E-state index contributed by atoms with van der Waals surface area (Å²) in [7, 11) is -3.70. The van der Waals surface area contributed by atoms with E-state index in [-0.39, 0.29) is 41.7 Å². The zero-order chi connectivity index (χ0) is 17.9. The Morgan fingerprint density at radius 2 is 1.78 bits per heavy atom. The number of anilines is 1. The number of halogens is 2. The first kappa shape index (κ1) is 23.2. The van der Waals surface area contributed by atoms with Crippen LogP contribution in [0.2, 0.25) is 0 Å². The number of aromatic nitrogens is 1. The molecule has 1 saturated heterocycles. The average molecular weight is 433 g/mol. The van der Waals surface area contributed by atoms with Crippen molar-refractivity contribution in [1.82, 2.24) is 15.2 Å². The maximum atomic E-state index is 12.5. The predicted molar refractivity (Wildman–Crippen MR) is 109 cm³/mol. The zero-order valence-electron chi connectivity index (χ0n) is 14.7. The van der Waals surface area contributed by atoms with E-state index in [0.717, 1.165) is 6.54 Å². The highest BCUT2D eigenvalue weighted by Gasteiger charge is 2.22. The van der Waals surface area contributed by atoms with Gasteiger partial charge >= 0.3 is 0 Å². The molecule has 1 aromatic carbocycles. The summed E-state index contributed by atoms with van der Waals surface area (Å²) in [6.45, 7) is 4.07. The molecule has 1 aliphatic rings. The van der Waals surface area contributed by atoms with Gasteiger partial charge in [0.25, 0.3) is 15.9 Å². The van der Waals surface area contributed by atoms with Gasteiger partial charge in [0.1, 0.15) is 0 Å². The molecule has 3 rings (SSSR count). The van der Waals surface area contributed by atoms with Crippen LogP contribution in [0.25, 0.3) is 0 Å². The van der Waals surface area contributed by atoms with Gasteiger partial charge in [-0.3, -0.25) is 14.5 Å². The molecule has 1 aromatic heterocycles. The van der Waals surface area contributed by atoms with Gasteiger partial charge in [-0.15, -0.1) is 24.8 Å². The Kier molecular flexibility index (Phi) is 8.49. The molecule has 0 spiro atoms. The van der Waals surface area contributed by atoms with Crippen LogP contribution in [-0.2, 0) is 10.0 Å². The van der Waals surface area contributed by atoms with E-state index in [0.29, 0.717) is 24.3 Å². The topological polar surface area (TPSA) is 91.4 Å². The Morgan fingerprint density at radius 1 is 1.15 bits per heavy atom. The van der Waals surface area contributed by atoms with Crippen LogP contribution in [0.3, 0.4) is 0 Å². The fraction of sp³-hybridized carbons (Fsp3) is 0.294. The van der Waals surface area contributed by atoms with Crippen LogP contribution in [0, 0.1) is 0 Å². The van der Waals surface area contributed by atoms with Gasteiger partial charge in [0.15, 0.2) is 0 Å². The van der Waals surface area contributed by atoms with Gasteiger partial charge < -0.3 is 10.2 Å². The fourth-order valence-corrected chi connectivity index (χ4v) is 3.77. The van der Waals surface area contributed by atoms with Crippen molar-refractivity contribution in [3.05, 3.63) is 54.4 Å². The molecule has 0 bridgehead atoms. The predicted octanol–water partition coefficient (Wildman–Crippen LogP) is 2.16. The number of hydrogen-bond acceptors (Lipinski definition) is 5. The van der Waals surface area contributed by atoms with Crippen LogP contribution in [0.4, 0.5) is 5.69 Å². The highest BCUT2D eigenvalue weighted by atomic mass is 35.5. The third kappa shape index (κ3) is 5.80. The number of rotatable bonds is 4. The Labute approximate surface area is 171 Å². The molecule has 148 valence electrons.